The lowest BCUT2D eigenvalue weighted by Gasteiger charge is -2.26. The van der Waals surface area contributed by atoms with Crippen LogP contribution in [0, 0.1) is 10.1 Å². The van der Waals surface area contributed by atoms with Gasteiger partial charge in [-0.3, -0.25) is 10.1 Å². The van der Waals surface area contributed by atoms with Gasteiger partial charge in [-0.1, -0.05) is 11.6 Å². The summed E-state index contributed by atoms with van der Waals surface area (Å²) in [5.74, 6) is 1.19. The predicted octanol–water partition coefficient (Wildman–Crippen LogP) is 3.50. The molecule has 0 unspecified atom stereocenters. The van der Waals surface area contributed by atoms with Crippen LogP contribution < -0.4 is 10.6 Å². The van der Waals surface area contributed by atoms with Crippen LogP contribution in [0.2, 0.25) is 5.02 Å². The molecule has 8 nitrogen and oxygen atoms in total. The van der Waals surface area contributed by atoms with Crippen LogP contribution in [0.3, 0.4) is 0 Å². The Kier molecular flexibility index (Phi) is 5.30. The Bertz CT molecular complexity index is 765. The van der Waals surface area contributed by atoms with Crippen molar-refractivity contribution < 1.29 is 10.0 Å². The van der Waals surface area contributed by atoms with E-state index in [0.717, 1.165) is 25.7 Å². The molecule has 1 aliphatic rings. The van der Waals surface area contributed by atoms with Gasteiger partial charge in [0.2, 0.25) is 0 Å². The van der Waals surface area contributed by atoms with Gasteiger partial charge in [-0.05, 0) is 37.8 Å². The first kappa shape index (κ1) is 17.4. The Morgan fingerprint density at radius 1 is 1.16 bits per heavy atom. The summed E-state index contributed by atoms with van der Waals surface area (Å²) in [4.78, 5) is 18.8. The number of halogens is 1. The number of rotatable bonds is 5. The Balaban J connectivity index is 1.69. The fourth-order valence-electron chi connectivity index (χ4n) is 2.81. The van der Waals surface area contributed by atoms with Gasteiger partial charge >= 0.3 is 0 Å². The van der Waals surface area contributed by atoms with Crippen molar-refractivity contribution in [1.82, 2.24) is 9.97 Å². The zero-order valence-electron chi connectivity index (χ0n) is 13.4. The second-order valence-electron chi connectivity index (χ2n) is 5.99. The standard InChI is InChI=1S/C16H18ClN5O3/c17-13-6-3-11(7-14(13)22(24)25)21-16-8-15(18-9-19-16)20-10-1-4-12(23)5-2-10/h3,6-10,12,23H,1-2,4-5H2,(H2,18,19,20,21). The van der Waals surface area contributed by atoms with E-state index in [4.69, 9.17) is 11.6 Å². The molecule has 1 aliphatic carbocycles. The molecule has 0 saturated heterocycles. The smallest absolute Gasteiger partial charge is 0.289 e. The number of hydrogen-bond donors (Lipinski definition) is 3. The molecule has 3 N–H and O–H groups in total. The minimum Gasteiger partial charge on any atom is -0.393 e. The molecule has 0 atom stereocenters. The summed E-state index contributed by atoms with van der Waals surface area (Å²) in [6.07, 6.45) is 4.55. The van der Waals surface area contributed by atoms with E-state index in [1.165, 1.54) is 18.5 Å². The molecule has 1 fully saturated rings. The van der Waals surface area contributed by atoms with Gasteiger partial charge < -0.3 is 15.7 Å². The van der Waals surface area contributed by atoms with E-state index >= 15 is 0 Å². The molecule has 1 aromatic heterocycles. The molecule has 1 heterocycles. The molecule has 0 radical (unpaired) electrons. The van der Waals surface area contributed by atoms with Crippen LogP contribution in [0.25, 0.3) is 0 Å². The molecule has 2 aromatic rings. The highest BCUT2D eigenvalue weighted by atomic mass is 35.5. The molecule has 0 spiro atoms. The number of aromatic nitrogens is 2. The maximum Gasteiger partial charge on any atom is 0.289 e. The van der Waals surface area contributed by atoms with Crippen LogP contribution in [-0.4, -0.2) is 32.1 Å². The average molecular weight is 364 g/mol. The Labute approximate surface area is 149 Å². The topological polar surface area (TPSA) is 113 Å². The van der Waals surface area contributed by atoms with E-state index in [1.807, 2.05) is 0 Å². The van der Waals surface area contributed by atoms with Crippen LogP contribution >= 0.6 is 11.6 Å². The fourth-order valence-corrected chi connectivity index (χ4v) is 3.00. The molecule has 0 bridgehead atoms. The second kappa shape index (κ2) is 7.62. The highest BCUT2D eigenvalue weighted by Crippen LogP contribution is 2.29. The number of aliphatic hydroxyl groups is 1. The van der Waals surface area contributed by atoms with Crippen molar-refractivity contribution in [2.75, 3.05) is 10.6 Å². The lowest BCUT2D eigenvalue weighted by atomic mass is 9.93. The monoisotopic (exact) mass is 363 g/mol. The average Bonchev–Trinajstić information content (AvgIpc) is 2.59. The van der Waals surface area contributed by atoms with E-state index < -0.39 is 4.92 Å². The molecule has 9 heteroatoms. The number of nitrogens with zero attached hydrogens (tertiary/aromatic N) is 3. The van der Waals surface area contributed by atoms with Crippen LogP contribution in [0.1, 0.15) is 25.7 Å². The molecule has 0 amide bonds. The zero-order valence-corrected chi connectivity index (χ0v) is 14.1. The highest BCUT2D eigenvalue weighted by molar-refractivity contribution is 6.32. The van der Waals surface area contributed by atoms with Gasteiger partial charge in [0, 0.05) is 23.9 Å². The largest absolute Gasteiger partial charge is 0.393 e. The van der Waals surface area contributed by atoms with Gasteiger partial charge in [0.15, 0.2) is 0 Å². The first-order chi connectivity index (χ1) is 12.0. The van der Waals surface area contributed by atoms with E-state index in [-0.39, 0.29) is 22.9 Å². The first-order valence-corrected chi connectivity index (χ1v) is 8.36. The minimum atomic E-state index is -0.530. The quantitative estimate of drug-likeness (QED) is 0.550. The number of benzene rings is 1. The lowest BCUT2D eigenvalue weighted by Crippen LogP contribution is -2.28. The van der Waals surface area contributed by atoms with Gasteiger partial charge in [0.1, 0.15) is 23.0 Å². The van der Waals surface area contributed by atoms with E-state index in [9.17, 15) is 15.2 Å². The number of aliphatic hydroxyl groups excluding tert-OH is 1. The van der Waals surface area contributed by atoms with Crippen molar-refractivity contribution in [3.05, 3.63) is 45.7 Å². The van der Waals surface area contributed by atoms with Crippen LogP contribution in [0.15, 0.2) is 30.6 Å². The first-order valence-electron chi connectivity index (χ1n) is 7.99. The third-order valence-corrected chi connectivity index (χ3v) is 4.45. The van der Waals surface area contributed by atoms with Crippen molar-refractivity contribution in [3.8, 4) is 0 Å². The third kappa shape index (κ3) is 4.55. The molecule has 0 aliphatic heterocycles. The Morgan fingerprint density at radius 2 is 1.88 bits per heavy atom. The zero-order chi connectivity index (χ0) is 17.8. The summed E-state index contributed by atoms with van der Waals surface area (Å²) in [5, 5.41) is 27.0. The summed E-state index contributed by atoms with van der Waals surface area (Å²) >= 11 is 5.82. The normalized spacial score (nSPS) is 20.1. The van der Waals surface area contributed by atoms with Crippen LogP contribution in [-0.2, 0) is 0 Å². The van der Waals surface area contributed by atoms with Crippen molar-refractivity contribution in [2.24, 2.45) is 0 Å². The van der Waals surface area contributed by atoms with E-state index in [1.54, 1.807) is 12.1 Å². The third-order valence-electron chi connectivity index (χ3n) is 4.13. The second-order valence-corrected chi connectivity index (χ2v) is 6.39. The summed E-state index contributed by atoms with van der Waals surface area (Å²) < 4.78 is 0. The summed E-state index contributed by atoms with van der Waals surface area (Å²) in [6, 6.07) is 6.48. The number of hydrogen-bond acceptors (Lipinski definition) is 7. The number of nitrogens with one attached hydrogen (secondary N) is 2. The minimum absolute atomic E-state index is 0.0834. The molecule has 1 saturated carbocycles. The van der Waals surface area contributed by atoms with E-state index in [0.29, 0.717) is 17.3 Å². The van der Waals surface area contributed by atoms with Crippen LogP contribution in [0.4, 0.5) is 23.0 Å². The number of nitro groups is 1. The Morgan fingerprint density at radius 3 is 2.60 bits per heavy atom. The molecule has 132 valence electrons. The SMILES string of the molecule is O=[N+]([O-])c1cc(Nc2cc(NC3CCC(O)CC3)ncn2)ccc1Cl. The van der Waals surface area contributed by atoms with Gasteiger partial charge in [0.25, 0.3) is 5.69 Å². The predicted molar refractivity (Wildman–Crippen MR) is 95.3 cm³/mol. The summed E-state index contributed by atoms with van der Waals surface area (Å²) in [6.45, 7) is 0. The summed E-state index contributed by atoms with van der Waals surface area (Å²) in [5.41, 5.74) is 0.348. The van der Waals surface area contributed by atoms with Crippen LogP contribution in [0.5, 0.6) is 0 Å². The highest BCUT2D eigenvalue weighted by Gasteiger charge is 2.19. The number of anilines is 3. The van der Waals surface area contributed by atoms with Crippen molar-refractivity contribution >= 4 is 34.6 Å². The Hall–Kier alpha value is -2.45. The summed E-state index contributed by atoms with van der Waals surface area (Å²) in [7, 11) is 0. The lowest BCUT2D eigenvalue weighted by molar-refractivity contribution is -0.384. The molecule has 3 rings (SSSR count). The van der Waals surface area contributed by atoms with E-state index in [2.05, 4.69) is 20.6 Å². The molecular weight excluding hydrogens is 346 g/mol. The van der Waals surface area contributed by atoms with Gasteiger partial charge in [-0.25, -0.2) is 9.97 Å². The van der Waals surface area contributed by atoms with Gasteiger partial charge in [-0.15, -0.1) is 0 Å². The van der Waals surface area contributed by atoms with Crippen molar-refractivity contribution in [1.29, 1.82) is 0 Å². The van der Waals surface area contributed by atoms with Crippen molar-refractivity contribution in [2.45, 2.75) is 37.8 Å². The van der Waals surface area contributed by atoms with Gasteiger partial charge in [0.05, 0.1) is 11.0 Å². The maximum atomic E-state index is 11.0. The van der Waals surface area contributed by atoms with Gasteiger partial charge in [-0.2, -0.15) is 0 Å². The molecule has 1 aromatic carbocycles. The fraction of sp³-hybridized carbons (Fsp3) is 0.375. The maximum absolute atomic E-state index is 11.0. The van der Waals surface area contributed by atoms with Crippen molar-refractivity contribution in [3.63, 3.8) is 0 Å². The molecule has 25 heavy (non-hydrogen) atoms. The molecular formula is C16H18ClN5O3. The number of nitro benzene ring substituents is 1.